The standard InChI is InChI=1S/C52H53BN2O2/c1-49(2,3)30-17-20-34(21-18-30)54-40-27-32(51(7,8)9)25-36-37-26-33(52(10,11)12)29-44-47(37)55(39-23-19-31(50(4,5)6)28-43(39)57-44)53(46(36)40)38-22-24-42-45(48(38)54)35-15-13-14-16-41(35)56-42/h13-29H,1-12H3. The van der Waals surface area contributed by atoms with Gasteiger partial charge in [-0.2, -0.15) is 0 Å². The first-order valence-electron chi connectivity index (χ1n) is 20.6. The van der Waals surface area contributed by atoms with Gasteiger partial charge in [0, 0.05) is 22.3 Å². The first kappa shape index (κ1) is 36.0. The van der Waals surface area contributed by atoms with Gasteiger partial charge in [0.15, 0.2) is 5.75 Å². The lowest BCUT2D eigenvalue weighted by atomic mass is 9.43. The first-order valence-corrected chi connectivity index (χ1v) is 20.6. The smallest absolute Gasteiger partial charge is 0.333 e. The number of nitrogens with zero attached hydrogens (tertiary/aromatic N) is 2. The number of rotatable bonds is 1. The Bertz CT molecular complexity index is 2820. The Labute approximate surface area is 338 Å². The van der Waals surface area contributed by atoms with Gasteiger partial charge < -0.3 is 18.9 Å². The van der Waals surface area contributed by atoms with Crippen molar-refractivity contribution in [3.63, 3.8) is 0 Å². The van der Waals surface area contributed by atoms with Crippen LogP contribution in [0.1, 0.15) is 105 Å². The molecule has 286 valence electrons. The van der Waals surface area contributed by atoms with E-state index in [1.54, 1.807) is 0 Å². The molecule has 3 aliphatic rings. The molecule has 5 heteroatoms. The minimum Gasteiger partial charge on any atom is -0.456 e. The largest absolute Gasteiger partial charge is 0.456 e. The van der Waals surface area contributed by atoms with Crippen LogP contribution in [0.25, 0.3) is 33.1 Å². The molecule has 0 bridgehead atoms. The summed E-state index contributed by atoms with van der Waals surface area (Å²) in [6.45, 7) is 27.5. The SMILES string of the molecule is CC(C)(C)c1ccc(N2c3cc(C(C)(C)C)cc4c3B(c3ccc5oc6ccccc6c5c32)N2c3ccc(C(C)(C)C)cc3Oc3cc(C(C)(C)C)cc-4c32)cc1. The fourth-order valence-corrected chi connectivity index (χ4v) is 9.31. The third-order valence-electron chi connectivity index (χ3n) is 12.6. The molecule has 0 saturated carbocycles. The molecule has 1 aromatic heterocycles. The highest BCUT2D eigenvalue weighted by Crippen LogP contribution is 2.58. The average Bonchev–Trinajstić information content (AvgIpc) is 3.53. The number of ether oxygens (including phenoxy) is 1. The fraction of sp³-hybridized carbons (Fsp3) is 0.308. The molecule has 0 aliphatic carbocycles. The monoisotopic (exact) mass is 748 g/mol. The van der Waals surface area contributed by atoms with Gasteiger partial charge in [-0.25, -0.2) is 0 Å². The molecule has 0 unspecified atom stereocenters. The molecular weight excluding hydrogens is 695 g/mol. The summed E-state index contributed by atoms with van der Waals surface area (Å²) >= 11 is 0. The van der Waals surface area contributed by atoms with Gasteiger partial charge in [0.1, 0.15) is 16.9 Å². The minimum absolute atomic E-state index is 0.0312. The summed E-state index contributed by atoms with van der Waals surface area (Å²) in [5.74, 6) is 1.82. The zero-order valence-electron chi connectivity index (χ0n) is 35.6. The number of benzene rings is 6. The summed E-state index contributed by atoms with van der Waals surface area (Å²) in [6, 6.07) is 38.9. The predicted molar refractivity (Wildman–Crippen MR) is 242 cm³/mol. The highest BCUT2D eigenvalue weighted by atomic mass is 16.5. The zero-order chi connectivity index (χ0) is 40.1. The molecule has 0 saturated heterocycles. The summed E-state index contributed by atoms with van der Waals surface area (Å²) < 4.78 is 13.8. The van der Waals surface area contributed by atoms with Crippen molar-refractivity contribution in [3.05, 3.63) is 125 Å². The van der Waals surface area contributed by atoms with Gasteiger partial charge in [-0.15, -0.1) is 0 Å². The van der Waals surface area contributed by atoms with Crippen LogP contribution in [-0.2, 0) is 21.7 Å². The maximum atomic E-state index is 7.11. The lowest BCUT2D eigenvalue weighted by Crippen LogP contribution is -2.62. The van der Waals surface area contributed by atoms with Crippen LogP contribution in [0.15, 0.2) is 108 Å². The predicted octanol–water partition coefficient (Wildman–Crippen LogP) is 13.6. The van der Waals surface area contributed by atoms with E-state index in [1.165, 1.54) is 55.7 Å². The van der Waals surface area contributed by atoms with E-state index >= 15 is 0 Å². The topological polar surface area (TPSA) is 28.9 Å². The number of para-hydroxylation sites is 1. The molecular formula is C52H53BN2O2. The van der Waals surface area contributed by atoms with Crippen LogP contribution < -0.4 is 25.4 Å². The van der Waals surface area contributed by atoms with Gasteiger partial charge in [0.25, 0.3) is 0 Å². The van der Waals surface area contributed by atoms with E-state index in [9.17, 15) is 0 Å². The van der Waals surface area contributed by atoms with Crippen LogP contribution in [0.2, 0.25) is 0 Å². The third-order valence-corrected chi connectivity index (χ3v) is 12.6. The van der Waals surface area contributed by atoms with Gasteiger partial charge >= 0.3 is 6.85 Å². The minimum atomic E-state index is -0.128. The van der Waals surface area contributed by atoms with Crippen molar-refractivity contribution >= 4 is 68.1 Å². The van der Waals surface area contributed by atoms with Crippen LogP contribution in [0.5, 0.6) is 11.5 Å². The van der Waals surface area contributed by atoms with Crippen molar-refractivity contribution in [3.8, 4) is 22.6 Å². The van der Waals surface area contributed by atoms with E-state index in [1.807, 2.05) is 0 Å². The second kappa shape index (κ2) is 11.6. The molecule has 10 rings (SSSR count). The lowest BCUT2D eigenvalue weighted by molar-refractivity contribution is 0.470. The van der Waals surface area contributed by atoms with Crippen LogP contribution in [0.4, 0.5) is 28.4 Å². The van der Waals surface area contributed by atoms with E-state index < -0.39 is 0 Å². The van der Waals surface area contributed by atoms with Crippen molar-refractivity contribution in [1.29, 1.82) is 0 Å². The Morgan fingerprint density at radius 2 is 1.11 bits per heavy atom. The molecule has 4 nitrogen and oxygen atoms in total. The normalized spacial score (nSPS) is 14.7. The molecule has 0 atom stereocenters. The summed E-state index contributed by atoms with van der Waals surface area (Å²) in [7, 11) is 0. The van der Waals surface area contributed by atoms with Crippen LogP contribution in [0.3, 0.4) is 0 Å². The Kier molecular flexibility index (Phi) is 7.31. The maximum absolute atomic E-state index is 7.11. The first-order chi connectivity index (χ1) is 26.8. The quantitative estimate of drug-likeness (QED) is 0.156. The maximum Gasteiger partial charge on any atom is 0.333 e. The summed E-state index contributed by atoms with van der Waals surface area (Å²) in [5.41, 5.74) is 17.5. The number of hydrogen-bond donors (Lipinski definition) is 0. The summed E-state index contributed by atoms with van der Waals surface area (Å²) in [6.07, 6.45) is 0. The average molecular weight is 749 g/mol. The molecule has 7 aromatic rings. The Morgan fingerprint density at radius 1 is 0.491 bits per heavy atom. The summed E-state index contributed by atoms with van der Waals surface area (Å²) in [4.78, 5) is 5.16. The van der Waals surface area contributed by atoms with E-state index in [2.05, 4.69) is 196 Å². The van der Waals surface area contributed by atoms with E-state index in [-0.39, 0.29) is 28.5 Å². The molecule has 0 radical (unpaired) electrons. The number of anilines is 5. The van der Waals surface area contributed by atoms with Crippen molar-refractivity contribution in [1.82, 2.24) is 0 Å². The van der Waals surface area contributed by atoms with Crippen LogP contribution >= 0.6 is 0 Å². The van der Waals surface area contributed by atoms with Crippen LogP contribution in [0, 0.1) is 0 Å². The van der Waals surface area contributed by atoms with Crippen molar-refractivity contribution in [2.45, 2.75) is 105 Å². The zero-order valence-corrected chi connectivity index (χ0v) is 35.6. The lowest BCUT2D eigenvalue weighted by Gasteiger charge is -2.48. The van der Waals surface area contributed by atoms with Crippen molar-refractivity contribution in [2.24, 2.45) is 0 Å². The molecule has 3 aliphatic heterocycles. The number of hydrogen-bond acceptors (Lipinski definition) is 4. The number of furan rings is 1. The molecule has 0 spiro atoms. The fourth-order valence-electron chi connectivity index (χ4n) is 9.31. The second-order valence-corrected chi connectivity index (χ2v) is 20.7. The van der Waals surface area contributed by atoms with Gasteiger partial charge in [-0.1, -0.05) is 132 Å². The molecule has 57 heavy (non-hydrogen) atoms. The van der Waals surface area contributed by atoms with Gasteiger partial charge in [0.05, 0.1) is 22.4 Å². The van der Waals surface area contributed by atoms with Crippen molar-refractivity contribution < 1.29 is 9.15 Å². The van der Waals surface area contributed by atoms with Gasteiger partial charge in [-0.05, 0) is 115 Å². The Hall–Kier alpha value is -5.42. The third kappa shape index (κ3) is 5.34. The molecule has 6 aromatic carbocycles. The molecule has 4 heterocycles. The molecule has 0 amide bonds. The van der Waals surface area contributed by atoms with E-state index in [4.69, 9.17) is 9.15 Å². The van der Waals surface area contributed by atoms with E-state index in [0.717, 1.165) is 50.5 Å². The van der Waals surface area contributed by atoms with Gasteiger partial charge in [0.2, 0.25) is 0 Å². The Balaban J connectivity index is 1.38. The second-order valence-electron chi connectivity index (χ2n) is 20.7. The molecule has 0 N–H and O–H groups in total. The Morgan fingerprint density at radius 3 is 1.79 bits per heavy atom. The number of fused-ring (bicyclic) bond motifs is 10. The van der Waals surface area contributed by atoms with Crippen LogP contribution in [-0.4, -0.2) is 6.85 Å². The van der Waals surface area contributed by atoms with Gasteiger partial charge in [-0.3, -0.25) is 0 Å². The van der Waals surface area contributed by atoms with E-state index in [0.29, 0.717) is 0 Å². The molecule has 0 fully saturated rings. The van der Waals surface area contributed by atoms with Crippen molar-refractivity contribution in [2.75, 3.05) is 9.71 Å². The summed E-state index contributed by atoms with van der Waals surface area (Å²) in [5, 5.41) is 2.27. The highest BCUT2D eigenvalue weighted by molar-refractivity contribution is 6.94. The highest BCUT2D eigenvalue weighted by Gasteiger charge is 2.49.